The highest BCUT2D eigenvalue weighted by Gasteiger charge is 2.13. The summed E-state index contributed by atoms with van der Waals surface area (Å²) in [6, 6.07) is 15.7. The van der Waals surface area contributed by atoms with Crippen LogP contribution in [0, 0.1) is 0 Å². The predicted molar refractivity (Wildman–Crippen MR) is 87.3 cm³/mol. The van der Waals surface area contributed by atoms with Crippen molar-refractivity contribution in [3.05, 3.63) is 42.5 Å². The highest BCUT2D eigenvalue weighted by molar-refractivity contribution is 5.85. The summed E-state index contributed by atoms with van der Waals surface area (Å²) in [6.07, 6.45) is 4.13. The molecular formula is C18H24N2. The molecule has 1 unspecified atom stereocenters. The van der Waals surface area contributed by atoms with E-state index in [0.29, 0.717) is 6.04 Å². The van der Waals surface area contributed by atoms with E-state index in [4.69, 9.17) is 0 Å². The first-order chi connectivity index (χ1) is 9.81. The van der Waals surface area contributed by atoms with Gasteiger partial charge in [0.2, 0.25) is 0 Å². The second kappa shape index (κ2) is 6.27. The monoisotopic (exact) mass is 268 g/mol. The summed E-state index contributed by atoms with van der Waals surface area (Å²) >= 11 is 0. The second-order valence-corrected chi connectivity index (χ2v) is 5.97. The molecule has 0 aliphatic carbocycles. The molecule has 0 radical (unpaired) electrons. The van der Waals surface area contributed by atoms with E-state index in [9.17, 15) is 0 Å². The van der Waals surface area contributed by atoms with E-state index in [1.165, 1.54) is 48.8 Å². The molecule has 0 aromatic heterocycles. The second-order valence-electron chi connectivity index (χ2n) is 5.97. The molecule has 106 valence electrons. The van der Waals surface area contributed by atoms with Crippen molar-refractivity contribution in [3.63, 3.8) is 0 Å². The largest absolute Gasteiger partial charge is 0.381 e. The van der Waals surface area contributed by atoms with Gasteiger partial charge in [0.15, 0.2) is 0 Å². The van der Waals surface area contributed by atoms with E-state index in [2.05, 4.69) is 59.6 Å². The Balaban J connectivity index is 1.62. The summed E-state index contributed by atoms with van der Waals surface area (Å²) in [5.41, 5.74) is 1.23. The number of nitrogens with zero attached hydrogens (tertiary/aromatic N) is 1. The first kappa shape index (κ1) is 13.4. The van der Waals surface area contributed by atoms with Crippen LogP contribution in [0.15, 0.2) is 42.5 Å². The third-order valence-corrected chi connectivity index (χ3v) is 4.14. The summed E-state index contributed by atoms with van der Waals surface area (Å²) in [4.78, 5) is 2.59. The molecule has 20 heavy (non-hydrogen) atoms. The van der Waals surface area contributed by atoms with E-state index in [1.54, 1.807) is 0 Å². The van der Waals surface area contributed by atoms with Crippen LogP contribution in [0.4, 0.5) is 5.69 Å². The summed E-state index contributed by atoms with van der Waals surface area (Å²) < 4.78 is 0. The van der Waals surface area contributed by atoms with Crippen molar-refractivity contribution < 1.29 is 0 Å². The van der Waals surface area contributed by atoms with Crippen LogP contribution in [0.5, 0.6) is 0 Å². The fourth-order valence-electron chi connectivity index (χ4n) is 3.14. The van der Waals surface area contributed by atoms with Gasteiger partial charge >= 0.3 is 0 Å². The molecule has 1 heterocycles. The zero-order valence-electron chi connectivity index (χ0n) is 12.3. The number of hydrogen-bond acceptors (Lipinski definition) is 2. The number of nitrogens with one attached hydrogen (secondary N) is 1. The number of fused-ring (bicyclic) bond motifs is 1. The van der Waals surface area contributed by atoms with Crippen LogP contribution >= 0.6 is 0 Å². The lowest BCUT2D eigenvalue weighted by atomic mass is 10.1. The first-order valence-corrected chi connectivity index (χ1v) is 7.79. The van der Waals surface area contributed by atoms with Crippen molar-refractivity contribution in [2.24, 2.45) is 0 Å². The Hall–Kier alpha value is -1.54. The molecule has 2 nitrogen and oxygen atoms in total. The van der Waals surface area contributed by atoms with E-state index in [1.807, 2.05) is 0 Å². The molecule has 1 aliphatic heterocycles. The van der Waals surface area contributed by atoms with Gasteiger partial charge in [-0.2, -0.15) is 0 Å². The van der Waals surface area contributed by atoms with Crippen LogP contribution in [0.25, 0.3) is 10.8 Å². The van der Waals surface area contributed by atoms with Crippen molar-refractivity contribution in [1.82, 2.24) is 4.90 Å². The Morgan fingerprint density at radius 1 is 1.00 bits per heavy atom. The maximum absolute atomic E-state index is 3.64. The van der Waals surface area contributed by atoms with Gasteiger partial charge in [-0.25, -0.2) is 0 Å². The highest BCUT2D eigenvalue weighted by atomic mass is 15.1. The molecule has 1 N–H and O–H groups in total. The zero-order chi connectivity index (χ0) is 13.8. The van der Waals surface area contributed by atoms with E-state index >= 15 is 0 Å². The van der Waals surface area contributed by atoms with Crippen molar-refractivity contribution in [1.29, 1.82) is 0 Å². The quantitative estimate of drug-likeness (QED) is 0.897. The molecule has 1 atom stereocenters. The van der Waals surface area contributed by atoms with E-state index in [-0.39, 0.29) is 0 Å². The lowest BCUT2D eigenvalue weighted by molar-refractivity contribution is 0.223. The number of piperidine rings is 1. The highest BCUT2D eigenvalue weighted by Crippen LogP contribution is 2.19. The molecule has 3 rings (SSSR count). The van der Waals surface area contributed by atoms with Gasteiger partial charge in [0.1, 0.15) is 0 Å². The van der Waals surface area contributed by atoms with Gasteiger partial charge in [-0.15, -0.1) is 0 Å². The smallest absolute Gasteiger partial charge is 0.0360 e. The minimum atomic E-state index is 0.495. The Labute approximate surface area is 121 Å². The number of likely N-dealkylation sites (tertiary alicyclic amines) is 1. The number of hydrogen-bond donors (Lipinski definition) is 1. The Bertz CT molecular complexity index is 558. The van der Waals surface area contributed by atoms with E-state index < -0.39 is 0 Å². The lowest BCUT2D eigenvalue weighted by Crippen LogP contribution is -2.38. The van der Waals surface area contributed by atoms with Crippen LogP contribution in [0.3, 0.4) is 0 Å². The third kappa shape index (κ3) is 3.31. The van der Waals surface area contributed by atoms with Crippen molar-refractivity contribution >= 4 is 16.5 Å². The molecule has 2 aromatic carbocycles. The predicted octanol–water partition coefficient (Wildman–Crippen LogP) is 4.13. The minimum absolute atomic E-state index is 0.495. The summed E-state index contributed by atoms with van der Waals surface area (Å²) in [6.45, 7) is 5.96. The van der Waals surface area contributed by atoms with Gasteiger partial charge in [-0.1, -0.05) is 36.8 Å². The van der Waals surface area contributed by atoms with Crippen molar-refractivity contribution in [3.8, 4) is 0 Å². The molecule has 0 spiro atoms. The zero-order valence-corrected chi connectivity index (χ0v) is 12.3. The third-order valence-electron chi connectivity index (χ3n) is 4.14. The topological polar surface area (TPSA) is 15.3 Å². The molecule has 1 aliphatic rings. The molecule has 1 fully saturated rings. The Morgan fingerprint density at radius 2 is 1.75 bits per heavy atom. The van der Waals surface area contributed by atoms with Gasteiger partial charge in [-0.05, 0) is 55.8 Å². The van der Waals surface area contributed by atoms with Crippen molar-refractivity contribution in [2.75, 3.05) is 25.0 Å². The summed E-state index contributed by atoms with van der Waals surface area (Å²) in [5, 5.41) is 6.25. The fraction of sp³-hybridized carbons (Fsp3) is 0.444. The van der Waals surface area contributed by atoms with Crippen LogP contribution in [0.2, 0.25) is 0 Å². The molecular weight excluding hydrogens is 244 g/mol. The van der Waals surface area contributed by atoms with Gasteiger partial charge in [0, 0.05) is 18.3 Å². The SMILES string of the molecule is CC(CN1CCCCC1)Nc1ccc2ccccc2c1. The molecule has 0 bridgehead atoms. The van der Waals surface area contributed by atoms with Crippen LogP contribution in [-0.2, 0) is 0 Å². The fourth-order valence-corrected chi connectivity index (χ4v) is 3.14. The van der Waals surface area contributed by atoms with Crippen LogP contribution in [-0.4, -0.2) is 30.6 Å². The molecule has 2 heteroatoms. The number of anilines is 1. The van der Waals surface area contributed by atoms with Gasteiger partial charge < -0.3 is 10.2 Å². The normalized spacial score (nSPS) is 18.1. The van der Waals surface area contributed by atoms with Crippen molar-refractivity contribution in [2.45, 2.75) is 32.2 Å². The van der Waals surface area contributed by atoms with Crippen LogP contribution < -0.4 is 5.32 Å². The molecule has 0 amide bonds. The van der Waals surface area contributed by atoms with Gasteiger partial charge in [0.05, 0.1) is 0 Å². The first-order valence-electron chi connectivity index (χ1n) is 7.79. The standard InChI is InChI=1S/C18H24N2/c1-15(14-20-11-5-2-6-12-20)19-18-10-9-16-7-3-4-8-17(16)13-18/h3-4,7-10,13,15,19H,2,5-6,11-12,14H2,1H3. The number of rotatable bonds is 4. The minimum Gasteiger partial charge on any atom is -0.381 e. The molecule has 2 aromatic rings. The maximum atomic E-state index is 3.64. The number of benzene rings is 2. The summed E-state index contributed by atoms with van der Waals surface area (Å²) in [5.74, 6) is 0. The molecule has 0 saturated carbocycles. The van der Waals surface area contributed by atoms with E-state index in [0.717, 1.165) is 6.54 Å². The van der Waals surface area contributed by atoms with Crippen LogP contribution in [0.1, 0.15) is 26.2 Å². The Morgan fingerprint density at radius 3 is 2.55 bits per heavy atom. The average molecular weight is 268 g/mol. The van der Waals surface area contributed by atoms with Gasteiger partial charge in [0.25, 0.3) is 0 Å². The van der Waals surface area contributed by atoms with Gasteiger partial charge in [-0.3, -0.25) is 0 Å². The molecule has 1 saturated heterocycles. The average Bonchev–Trinajstić information content (AvgIpc) is 2.48. The maximum Gasteiger partial charge on any atom is 0.0360 e. The summed E-state index contributed by atoms with van der Waals surface area (Å²) in [7, 11) is 0. The lowest BCUT2D eigenvalue weighted by Gasteiger charge is -2.29. The Kier molecular flexibility index (Phi) is 4.22.